The average Bonchev–Trinajstić information content (AvgIpc) is 2.30. The summed E-state index contributed by atoms with van der Waals surface area (Å²) in [7, 11) is 1.36. The van der Waals surface area contributed by atoms with Gasteiger partial charge in [-0.2, -0.15) is 0 Å². The lowest BCUT2D eigenvalue weighted by Gasteiger charge is -2.14. The smallest absolute Gasteiger partial charge is 0.308 e. The van der Waals surface area contributed by atoms with Crippen LogP contribution in [-0.4, -0.2) is 19.7 Å². The van der Waals surface area contributed by atoms with Crippen LogP contribution in [0.3, 0.4) is 0 Å². The fraction of sp³-hybridized carbons (Fsp3) is 0.462. The SMILES string of the molecule is COC(=O)CCOc1ccc(C)cc1[C@@H](C)N. The molecule has 4 nitrogen and oxygen atoms in total. The van der Waals surface area contributed by atoms with Gasteiger partial charge in [0.2, 0.25) is 0 Å². The average molecular weight is 237 g/mol. The molecule has 0 aliphatic carbocycles. The number of hydrogen-bond donors (Lipinski definition) is 1. The number of rotatable bonds is 5. The number of aryl methyl sites for hydroxylation is 1. The molecule has 94 valence electrons. The van der Waals surface area contributed by atoms with Gasteiger partial charge in [-0.25, -0.2) is 0 Å². The van der Waals surface area contributed by atoms with Crippen molar-refractivity contribution in [1.29, 1.82) is 0 Å². The van der Waals surface area contributed by atoms with E-state index in [4.69, 9.17) is 10.5 Å². The first-order chi connectivity index (χ1) is 8.04. The molecular weight excluding hydrogens is 218 g/mol. The zero-order valence-electron chi connectivity index (χ0n) is 10.5. The fourth-order valence-electron chi connectivity index (χ4n) is 1.50. The Morgan fingerprint density at radius 3 is 2.76 bits per heavy atom. The molecule has 0 amide bonds. The second-order valence-corrected chi connectivity index (χ2v) is 4.00. The van der Waals surface area contributed by atoms with Gasteiger partial charge in [0.05, 0.1) is 20.1 Å². The largest absolute Gasteiger partial charge is 0.493 e. The molecule has 4 heteroatoms. The predicted molar refractivity (Wildman–Crippen MR) is 65.9 cm³/mol. The molecule has 1 atom stereocenters. The summed E-state index contributed by atoms with van der Waals surface area (Å²) in [5.74, 6) is 0.453. The maximum Gasteiger partial charge on any atom is 0.308 e. The molecule has 0 bridgehead atoms. The minimum atomic E-state index is -0.278. The lowest BCUT2D eigenvalue weighted by atomic mass is 10.1. The maximum atomic E-state index is 10.9. The Kier molecular flexibility index (Phi) is 4.97. The lowest BCUT2D eigenvalue weighted by molar-refractivity contribution is -0.141. The van der Waals surface area contributed by atoms with E-state index in [0.717, 1.165) is 16.9 Å². The van der Waals surface area contributed by atoms with E-state index in [1.54, 1.807) is 0 Å². The third kappa shape index (κ3) is 4.07. The zero-order chi connectivity index (χ0) is 12.8. The van der Waals surface area contributed by atoms with Crippen molar-refractivity contribution in [3.05, 3.63) is 29.3 Å². The summed E-state index contributed by atoms with van der Waals surface area (Å²) >= 11 is 0. The van der Waals surface area contributed by atoms with Crippen LogP contribution in [0.4, 0.5) is 0 Å². The Labute approximate surface area is 102 Å². The Morgan fingerprint density at radius 2 is 2.18 bits per heavy atom. The third-order valence-electron chi connectivity index (χ3n) is 2.45. The van der Waals surface area contributed by atoms with Gasteiger partial charge in [-0.05, 0) is 19.9 Å². The summed E-state index contributed by atoms with van der Waals surface area (Å²) in [4.78, 5) is 10.9. The molecule has 1 aromatic carbocycles. The monoisotopic (exact) mass is 237 g/mol. The summed E-state index contributed by atoms with van der Waals surface area (Å²) in [6, 6.07) is 5.74. The first-order valence-corrected chi connectivity index (χ1v) is 5.60. The van der Waals surface area contributed by atoms with Gasteiger partial charge >= 0.3 is 5.97 Å². The highest BCUT2D eigenvalue weighted by atomic mass is 16.5. The van der Waals surface area contributed by atoms with Gasteiger partial charge in [0.25, 0.3) is 0 Å². The molecule has 0 spiro atoms. The van der Waals surface area contributed by atoms with E-state index < -0.39 is 0 Å². The molecule has 0 aromatic heterocycles. The van der Waals surface area contributed by atoms with Gasteiger partial charge < -0.3 is 15.2 Å². The van der Waals surface area contributed by atoms with Crippen molar-refractivity contribution in [2.24, 2.45) is 5.73 Å². The molecule has 0 saturated carbocycles. The van der Waals surface area contributed by atoms with E-state index in [1.165, 1.54) is 7.11 Å². The van der Waals surface area contributed by atoms with Crippen LogP contribution in [0, 0.1) is 6.92 Å². The molecule has 1 aromatic rings. The molecule has 0 unspecified atom stereocenters. The second kappa shape index (κ2) is 6.25. The summed E-state index contributed by atoms with van der Waals surface area (Å²) in [6.07, 6.45) is 0.239. The molecule has 1 rings (SSSR count). The number of methoxy groups -OCH3 is 1. The number of nitrogens with two attached hydrogens (primary N) is 1. The molecule has 0 fully saturated rings. The van der Waals surface area contributed by atoms with Crippen LogP contribution in [0.1, 0.15) is 30.5 Å². The number of carbonyl (C=O) groups excluding carboxylic acids is 1. The summed E-state index contributed by atoms with van der Waals surface area (Å²) in [6.45, 7) is 4.21. The van der Waals surface area contributed by atoms with Crippen molar-refractivity contribution in [2.45, 2.75) is 26.3 Å². The van der Waals surface area contributed by atoms with E-state index in [9.17, 15) is 4.79 Å². The van der Waals surface area contributed by atoms with Crippen LogP contribution in [0.15, 0.2) is 18.2 Å². The van der Waals surface area contributed by atoms with Crippen LogP contribution >= 0.6 is 0 Å². The van der Waals surface area contributed by atoms with Crippen LogP contribution in [0.5, 0.6) is 5.75 Å². The van der Waals surface area contributed by atoms with Crippen molar-refractivity contribution < 1.29 is 14.3 Å². The Hall–Kier alpha value is -1.55. The van der Waals surface area contributed by atoms with Gasteiger partial charge in [0.1, 0.15) is 5.75 Å². The number of carbonyl (C=O) groups is 1. The van der Waals surface area contributed by atoms with Gasteiger partial charge in [0, 0.05) is 11.6 Å². The highest BCUT2D eigenvalue weighted by Gasteiger charge is 2.09. The van der Waals surface area contributed by atoms with E-state index >= 15 is 0 Å². The van der Waals surface area contributed by atoms with E-state index in [2.05, 4.69) is 4.74 Å². The second-order valence-electron chi connectivity index (χ2n) is 4.00. The van der Waals surface area contributed by atoms with Gasteiger partial charge in [0.15, 0.2) is 0 Å². The highest BCUT2D eigenvalue weighted by molar-refractivity contribution is 5.69. The molecule has 0 aliphatic rings. The first kappa shape index (κ1) is 13.5. The van der Waals surface area contributed by atoms with Crippen molar-refractivity contribution in [3.63, 3.8) is 0 Å². The Bertz CT molecular complexity index is 388. The Balaban J connectivity index is 2.67. The number of ether oxygens (including phenoxy) is 2. The van der Waals surface area contributed by atoms with Gasteiger partial charge in [-0.15, -0.1) is 0 Å². The van der Waals surface area contributed by atoms with Crippen LogP contribution in [0.2, 0.25) is 0 Å². The number of esters is 1. The van der Waals surface area contributed by atoms with E-state index in [0.29, 0.717) is 6.61 Å². The molecule has 0 radical (unpaired) electrons. The topological polar surface area (TPSA) is 61.5 Å². The van der Waals surface area contributed by atoms with Crippen molar-refractivity contribution >= 4 is 5.97 Å². The van der Waals surface area contributed by atoms with Crippen LogP contribution in [-0.2, 0) is 9.53 Å². The van der Waals surface area contributed by atoms with Crippen molar-refractivity contribution in [2.75, 3.05) is 13.7 Å². The number of benzene rings is 1. The molecular formula is C13H19NO3. The van der Waals surface area contributed by atoms with Gasteiger partial charge in [-0.3, -0.25) is 4.79 Å². The molecule has 0 aliphatic heterocycles. The van der Waals surface area contributed by atoms with E-state index in [-0.39, 0.29) is 18.4 Å². The van der Waals surface area contributed by atoms with Gasteiger partial charge in [-0.1, -0.05) is 17.7 Å². The molecule has 17 heavy (non-hydrogen) atoms. The Morgan fingerprint density at radius 1 is 1.47 bits per heavy atom. The number of hydrogen-bond acceptors (Lipinski definition) is 4. The normalized spacial score (nSPS) is 12.0. The summed E-state index contributed by atoms with van der Waals surface area (Å²) in [5, 5.41) is 0. The van der Waals surface area contributed by atoms with Crippen molar-refractivity contribution in [1.82, 2.24) is 0 Å². The fourth-order valence-corrected chi connectivity index (χ4v) is 1.50. The molecule has 2 N–H and O–H groups in total. The lowest BCUT2D eigenvalue weighted by Crippen LogP contribution is -2.11. The predicted octanol–water partition coefficient (Wildman–Crippen LogP) is 1.96. The summed E-state index contributed by atoms with van der Waals surface area (Å²) in [5.41, 5.74) is 7.96. The van der Waals surface area contributed by atoms with Crippen LogP contribution in [0.25, 0.3) is 0 Å². The minimum Gasteiger partial charge on any atom is -0.493 e. The van der Waals surface area contributed by atoms with Crippen LogP contribution < -0.4 is 10.5 Å². The highest BCUT2D eigenvalue weighted by Crippen LogP contribution is 2.25. The van der Waals surface area contributed by atoms with E-state index in [1.807, 2.05) is 32.0 Å². The quantitative estimate of drug-likeness (QED) is 0.795. The minimum absolute atomic E-state index is 0.0944. The first-order valence-electron chi connectivity index (χ1n) is 5.60. The van der Waals surface area contributed by atoms with Crippen molar-refractivity contribution in [3.8, 4) is 5.75 Å². The standard InChI is InChI=1S/C13H19NO3/c1-9-4-5-12(11(8-9)10(2)14)17-7-6-13(15)16-3/h4-5,8,10H,6-7,14H2,1-3H3/t10-/m1/s1. The third-order valence-corrected chi connectivity index (χ3v) is 2.45. The molecule has 0 heterocycles. The molecule has 0 saturated heterocycles. The summed E-state index contributed by atoms with van der Waals surface area (Å²) < 4.78 is 10.1. The maximum absolute atomic E-state index is 10.9. The zero-order valence-corrected chi connectivity index (χ0v) is 10.5.